The van der Waals surface area contributed by atoms with Gasteiger partial charge in [0, 0.05) is 0 Å². The fourth-order valence-corrected chi connectivity index (χ4v) is 2.06. The van der Waals surface area contributed by atoms with Crippen LogP contribution < -0.4 is 5.32 Å². The highest BCUT2D eigenvalue weighted by Crippen LogP contribution is 2.07. The van der Waals surface area contributed by atoms with Crippen LogP contribution in [0.15, 0.2) is 24.3 Å². The Hall–Kier alpha value is -0.820. The quantitative estimate of drug-likeness (QED) is 0.691. The van der Waals surface area contributed by atoms with Crippen molar-refractivity contribution in [2.45, 2.75) is 40.0 Å². The molecule has 0 aromatic heterocycles. The van der Waals surface area contributed by atoms with Crippen LogP contribution in [0.3, 0.4) is 0 Å². The SMILES string of the molecule is CCCC(C)CNCCc1ccccc1C. The molecule has 0 aliphatic carbocycles. The molecule has 1 nitrogen and oxygen atoms in total. The molecule has 0 saturated heterocycles. The zero-order chi connectivity index (χ0) is 11.8. The summed E-state index contributed by atoms with van der Waals surface area (Å²) in [7, 11) is 0. The van der Waals surface area contributed by atoms with E-state index in [4.69, 9.17) is 0 Å². The monoisotopic (exact) mass is 219 g/mol. The van der Waals surface area contributed by atoms with E-state index in [9.17, 15) is 0 Å². The lowest BCUT2D eigenvalue weighted by molar-refractivity contribution is 0.478. The maximum atomic E-state index is 3.55. The first-order valence-corrected chi connectivity index (χ1v) is 6.49. The predicted octanol–water partition coefficient (Wildman–Crippen LogP) is 3.56. The molecule has 1 aromatic rings. The third kappa shape index (κ3) is 4.80. The van der Waals surface area contributed by atoms with Gasteiger partial charge in [-0.2, -0.15) is 0 Å². The highest BCUT2D eigenvalue weighted by Gasteiger charge is 2.00. The second-order valence-electron chi connectivity index (χ2n) is 4.77. The molecule has 1 N–H and O–H groups in total. The average molecular weight is 219 g/mol. The molecular weight excluding hydrogens is 194 g/mol. The van der Waals surface area contributed by atoms with Crippen molar-refractivity contribution in [1.29, 1.82) is 0 Å². The Morgan fingerprint density at radius 2 is 2.00 bits per heavy atom. The Morgan fingerprint density at radius 1 is 1.25 bits per heavy atom. The van der Waals surface area contributed by atoms with Crippen molar-refractivity contribution in [3.63, 3.8) is 0 Å². The number of hydrogen-bond acceptors (Lipinski definition) is 1. The van der Waals surface area contributed by atoms with Gasteiger partial charge in [-0.25, -0.2) is 0 Å². The third-order valence-electron chi connectivity index (χ3n) is 3.11. The minimum atomic E-state index is 0.807. The first-order chi connectivity index (χ1) is 7.74. The van der Waals surface area contributed by atoms with E-state index in [1.54, 1.807) is 0 Å². The molecule has 0 radical (unpaired) electrons. The van der Waals surface area contributed by atoms with Crippen molar-refractivity contribution < 1.29 is 0 Å². The standard InChI is InChI=1S/C15H25N/c1-4-7-13(2)12-16-11-10-15-9-6-5-8-14(15)3/h5-6,8-9,13,16H,4,7,10-12H2,1-3H3. The van der Waals surface area contributed by atoms with Gasteiger partial charge in [-0.15, -0.1) is 0 Å². The van der Waals surface area contributed by atoms with Gasteiger partial charge < -0.3 is 5.32 Å². The summed E-state index contributed by atoms with van der Waals surface area (Å²) >= 11 is 0. The fourth-order valence-electron chi connectivity index (χ4n) is 2.06. The van der Waals surface area contributed by atoms with E-state index < -0.39 is 0 Å². The van der Waals surface area contributed by atoms with Crippen LogP contribution in [0.25, 0.3) is 0 Å². The second kappa shape index (κ2) is 7.45. The lowest BCUT2D eigenvalue weighted by Gasteiger charge is -2.11. The first-order valence-electron chi connectivity index (χ1n) is 6.49. The van der Waals surface area contributed by atoms with Crippen LogP contribution in [0.4, 0.5) is 0 Å². The van der Waals surface area contributed by atoms with Crippen LogP contribution in [0.1, 0.15) is 37.8 Å². The smallest absolute Gasteiger partial charge is 0.000814 e. The van der Waals surface area contributed by atoms with Crippen LogP contribution in [0, 0.1) is 12.8 Å². The van der Waals surface area contributed by atoms with Crippen LogP contribution in [-0.4, -0.2) is 13.1 Å². The van der Waals surface area contributed by atoms with Crippen molar-refractivity contribution in [3.8, 4) is 0 Å². The van der Waals surface area contributed by atoms with E-state index in [1.807, 2.05) is 0 Å². The highest BCUT2D eigenvalue weighted by atomic mass is 14.8. The van der Waals surface area contributed by atoms with Crippen molar-refractivity contribution in [3.05, 3.63) is 35.4 Å². The van der Waals surface area contributed by atoms with Gasteiger partial charge in [0.25, 0.3) is 0 Å². The van der Waals surface area contributed by atoms with E-state index in [1.165, 1.54) is 24.0 Å². The zero-order valence-electron chi connectivity index (χ0n) is 10.9. The van der Waals surface area contributed by atoms with E-state index in [2.05, 4.69) is 50.4 Å². The minimum absolute atomic E-state index is 0.807. The Kier molecular flexibility index (Phi) is 6.17. The summed E-state index contributed by atoms with van der Waals surface area (Å²) in [5.41, 5.74) is 2.88. The van der Waals surface area contributed by atoms with E-state index in [0.29, 0.717) is 0 Å². The first kappa shape index (κ1) is 13.2. The van der Waals surface area contributed by atoms with Gasteiger partial charge >= 0.3 is 0 Å². The van der Waals surface area contributed by atoms with Crippen LogP contribution in [-0.2, 0) is 6.42 Å². The van der Waals surface area contributed by atoms with Gasteiger partial charge in [0.1, 0.15) is 0 Å². The van der Waals surface area contributed by atoms with E-state index >= 15 is 0 Å². The third-order valence-corrected chi connectivity index (χ3v) is 3.11. The minimum Gasteiger partial charge on any atom is -0.316 e. The Bertz CT molecular complexity index is 293. The Morgan fingerprint density at radius 3 is 2.69 bits per heavy atom. The second-order valence-corrected chi connectivity index (χ2v) is 4.77. The maximum absolute atomic E-state index is 3.55. The van der Waals surface area contributed by atoms with Crippen LogP contribution >= 0.6 is 0 Å². The fraction of sp³-hybridized carbons (Fsp3) is 0.600. The Balaban J connectivity index is 2.19. The molecule has 0 aliphatic rings. The molecule has 0 saturated carbocycles. The molecule has 1 heteroatoms. The van der Waals surface area contributed by atoms with Gasteiger partial charge in [0.15, 0.2) is 0 Å². The van der Waals surface area contributed by atoms with Crippen molar-refractivity contribution in [1.82, 2.24) is 5.32 Å². The molecule has 0 bridgehead atoms. The molecule has 16 heavy (non-hydrogen) atoms. The predicted molar refractivity (Wildman–Crippen MR) is 71.8 cm³/mol. The van der Waals surface area contributed by atoms with Gasteiger partial charge in [-0.05, 0) is 49.9 Å². The molecule has 90 valence electrons. The summed E-state index contributed by atoms with van der Waals surface area (Å²) in [6.07, 6.45) is 3.77. The summed E-state index contributed by atoms with van der Waals surface area (Å²) in [5.74, 6) is 0.807. The topological polar surface area (TPSA) is 12.0 Å². The molecule has 1 aromatic carbocycles. The molecule has 0 aliphatic heterocycles. The van der Waals surface area contributed by atoms with Gasteiger partial charge in [0.2, 0.25) is 0 Å². The molecule has 1 unspecified atom stereocenters. The van der Waals surface area contributed by atoms with Crippen molar-refractivity contribution >= 4 is 0 Å². The summed E-state index contributed by atoms with van der Waals surface area (Å²) in [5, 5.41) is 3.55. The summed E-state index contributed by atoms with van der Waals surface area (Å²) in [6, 6.07) is 8.65. The molecule has 0 fully saturated rings. The largest absolute Gasteiger partial charge is 0.316 e. The molecular formula is C15H25N. The normalized spacial score (nSPS) is 12.7. The van der Waals surface area contributed by atoms with Crippen molar-refractivity contribution in [2.24, 2.45) is 5.92 Å². The lowest BCUT2D eigenvalue weighted by Crippen LogP contribution is -2.23. The summed E-state index contributed by atoms with van der Waals surface area (Å²) in [4.78, 5) is 0. The maximum Gasteiger partial charge on any atom is -0.000814 e. The highest BCUT2D eigenvalue weighted by molar-refractivity contribution is 5.25. The number of rotatable bonds is 7. The number of nitrogens with one attached hydrogen (secondary N) is 1. The number of benzene rings is 1. The van der Waals surface area contributed by atoms with Crippen LogP contribution in [0.5, 0.6) is 0 Å². The van der Waals surface area contributed by atoms with Crippen LogP contribution in [0.2, 0.25) is 0 Å². The van der Waals surface area contributed by atoms with Gasteiger partial charge in [0.05, 0.1) is 0 Å². The molecule has 0 spiro atoms. The molecule has 0 amide bonds. The molecule has 0 heterocycles. The zero-order valence-corrected chi connectivity index (χ0v) is 10.9. The van der Waals surface area contributed by atoms with Crippen molar-refractivity contribution in [2.75, 3.05) is 13.1 Å². The van der Waals surface area contributed by atoms with E-state index in [0.717, 1.165) is 25.4 Å². The summed E-state index contributed by atoms with van der Waals surface area (Å²) in [6.45, 7) is 9.02. The lowest BCUT2D eigenvalue weighted by atomic mass is 10.0. The number of aryl methyl sites for hydroxylation is 1. The Labute approximate surface area is 100 Å². The van der Waals surface area contributed by atoms with Gasteiger partial charge in [-0.3, -0.25) is 0 Å². The molecule has 1 atom stereocenters. The molecule has 1 rings (SSSR count). The van der Waals surface area contributed by atoms with Gasteiger partial charge in [-0.1, -0.05) is 44.5 Å². The average Bonchev–Trinajstić information content (AvgIpc) is 2.27. The number of hydrogen-bond donors (Lipinski definition) is 1. The van der Waals surface area contributed by atoms with E-state index in [-0.39, 0.29) is 0 Å². The summed E-state index contributed by atoms with van der Waals surface area (Å²) < 4.78 is 0.